The number of nitro benzene ring substituents is 1. The summed E-state index contributed by atoms with van der Waals surface area (Å²) in [6, 6.07) is 3.94. The summed E-state index contributed by atoms with van der Waals surface area (Å²) in [5, 5.41) is 14.1. The molecule has 1 aliphatic carbocycles. The molecule has 0 radical (unpaired) electrons. The first-order valence-corrected chi connectivity index (χ1v) is 7.37. The summed E-state index contributed by atoms with van der Waals surface area (Å²) in [6.07, 6.45) is 2.94. The molecule has 7 heteroatoms. The Hall–Kier alpha value is -1.63. The molecule has 1 aromatic carbocycles. The van der Waals surface area contributed by atoms with Gasteiger partial charge in [0.05, 0.1) is 9.82 Å². The van der Waals surface area contributed by atoms with Gasteiger partial charge in [0.1, 0.15) is 5.69 Å². The summed E-state index contributed by atoms with van der Waals surface area (Å²) in [6.45, 7) is 1.97. The molecule has 0 spiro atoms. The molecular formula is C11H14N2O4S. The molecule has 0 saturated heterocycles. The summed E-state index contributed by atoms with van der Waals surface area (Å²) in [4.78, 5) is 10.4. The van der Waals surface area contributed by atoms with Gasteiger partial charge in [-0.25, -0.2) is 8.42 Å². The van der Waals surface area contributed by atoms with Crippen molar-refractivity contribution in [2.45, 2.75) is 30.2 Å². The third-order valence-electron chi connectivity index (χ3n) is 3.03. The average molecular weight is 270 g/mol. The number of nitrogens with zero attached hydrogens (tertiary/aromatic N) is 1. The van der Waals surface area contributed by atoms with Crippen LogP contribution in [-0.2, 0) is 9.84 Å². The first-order chi connectivity index (χ1) is 8.21. The molecule has 1 aliphatic rings. The van der Waals surface area contributed by atoms with E-state index in [0.717, 1.165) is 25.2 Å². The second-order valence-electron chi connectivity index (χ2n) is 4.89. The third kappa shape index (κ3) is 2.61. The molecule has 0 amide bonds. The summed E-state index contributed by atoms with van der Waals surface area (Å²) in [5.74, 6) is 0. The number of benzene rings is 1. The van der Waals surface area contributed by atoms with E-state index in [1.165, 1.54) is 12.1 Å². The van der Waals surface area contributed by atoms with Crippen molar-refractivity contribution in [2.75, 3.05) is 11.6 Å². The second kappa shape index (κ2) is 3.94. The minimum atomic E-state index is -3.44. The van der Waals surface area contributed by atoms with Crippen LogP contribution in [0.5, 0.6) is 0 Å². The number of nitro groups is 1. The zero-order valence-corrected chi connectivity index (χ0v) is 11.0. The normalized spacial score (nSPS) is 17.2. The van der Waals surface area contributed by atoms with Crippen molar-refractivity contribution in [3.63, 3.8) is 0 Å². The highest BCUT2D eigenvalue weighted by Crippen LogP contribution is 2.40. The van der Waals surface area contributed by atoms with Gasteiger partial charge in [-0.1, -0.05) is 0 Å². The Morgan fingerprint density at radius 3 is 2.44 bits per heavy atom. The average Bonchev–Trinajstić information content (AvgIpc) is 2.94. The molecule has 0 atom stereocenters. The van der Waals surface area contributed by atoms with Gasteiger partial charge in [0.15, 0.2) is 9.84 Å². The van der Waals surface area contributed by atoms with Crippen LogP contribution in [0, 0.1) is 10.1 Å². The number of nitrogens with one attached hydrogen (secondary N) is 1. The van der Waals surface area contributed by atoms with Gasteiger partial charge in [0.2, 0.25) is 0 Å². The summed E-state index contributed by atoms with van der Waals surface area (Å²) < 4.78 is 22.7. The van der Waals surface area contributed by atoms with Crippen molar-refractivity contribution in [3.05, 3.63) is 28.3 Å². The molecule has 0 unspecified atom stereocenters. The maximum atomic E-state index is 11.4. The van der Waals surface area contributed by atoms with Crippen LogP contribution < -0.4 is 5.32 Å². The van der Waals surface area contributed by atoms with Gasteiger partial charge in [-0.05, 0) is 31.9 Å². The first kappa shape index (κ1) is 12.8. The van der Waals surface area contributed by atoms with Gasteiger partial charge < -0.3 is 5.32 Å². The lowest BCUT2D eigenvalue weighted by Gasteiger charge is -2.13. The standard InChI is InChI=1S/C11H14N2O4S/c1-11(5-6-11)12-9-4-3-8(18(2,16)17)7-10(9)13(14)15/h3-4,7,12H,5-6H2,1-2H3. The first-order valence-electron chi connectivity index (χ1n) is 5.48. The van der Waals surface area contributed by atoms with Crippen molar-refractivity contribution >= 4 is 21.2 Å². The van der Waals surface area contributed by atoms with E-state index in [4.69, 9.17) is 0 Å². The molecule has 1 N–H and O–H groups in total. The zero-order chi connectivity index (χ0) is 13.6. The fourth-order valence-corrected chi connectivity index (χ4v) is 2.28. The maximum Gasteiger partial charge on any atom is 0.293 e. The lowest BCUT2D eigenvalue weighted by Crippen LogP contribution is -2.17. The fourth-order valence-electron chi connectivity index (χ4n) is 1.64. The number of rotatable bonds is 4. The number of hydrogen-bond donors (Lipinski definition) is 1. The van der Waals surface area contributed by atoms with Gasteiger partial charge in [0, 0.05) is 17.9 Å². The molecule has 0 bridgehead atoms. The van der Waals surface area contributed by atoms with E-state index in [-0.39, 0.29) is 16.1 Å². The predicted octanol–water partition coefficient (Wildman–Crippen LogP) is 1.96. The quantitative estimate of drug-likeness (QED) is 0.667. The lowest BCUT2D eigenvalue weighted by atomic mass is 10.2. The van der Waals surface area contributed by atoms with E-state index in [0.29, 0.717) is 5.69 Å². The molecule has 2 rings (SSSR count). The van der Waals surface area contributed by atoms with Crippen LogP contribution in [0.1, 0.15) is 19.8 Å². The smallest absolute Gasteiger partial charge is 0.293 e. The van der Waals surface area contributed by atoms with Crippen molar-refractivity contribution in [1.82, 2.24) is 0 Å². The van der Waals surface area contributed by atoms with E-state index >= 15 is 0 Å². The molecule has 1 saturated carbocycles. The zero-order valence-electron chi connectivity index (χ0n) is 10.1. The van der Waals surface area contributed by atoms with E-state index in [9.17, 15) is 18.5 Å². The Morgan fingerprint density at radius 2 is 2.00 bits per heavy atom. The highest BCUT2D eigenvalue weighted by molar-refractivity contribution is 7.90. The summed E-state index contributed by atoms with van der Waals surface area (Å²) >= 11 is 0. The summed E-state index contributed by atoms with van der Waals surface area (Å²) in [7, 11) is -3.44. The Kier molecular flexibility index (Phi) is 2.81. The molecule has 0 heterocycles. The van der Waals surface area contributed by atoms with Gasteiger partial charge in [-0.15, -0.1) is 0 Å². The van der Waals surface area contributed by atoms with Crippen molar-refractivity contribution in [3.8, 4) is 0 Å². The molecule has 1 fully saturated rings. The van der Waals surface area contributed by atoms with Crippen LogP contribution in [-0.4, -0.2) is 25.1 Å². The third-order valence-corrected chi connectivity index (χ3v) is 4.14. The Balaban J connectivity index is 2.44. The van der Waals surface area contributed by atoms with Gasteiger partial charge in [-0.3, -0.25) is 10.1 Å². The molecule has 0 aromatic heterocycles. The molecular weight excluding hydrogens is 256 g/mol. The number of hydrogen-bond acceptors (Lipinski definition) is 5. The van der Waals surface area contributed by atoms with Crippen LogP contribution >= 0.6 is 0 Å². The molecule has 0 aliphatic heterocycles. The largest absolute Gasteiger partial charge is 0.374 e. The second-order valence-corrected chi connectivity index (χ2v) is 6.91. The summed E-state index contributed by atoms with van der Waals surface area (Å²) in [5.41, 5.74) is 0.0654. The van der Waals surface area contributed by atoms with Gasteiger partial charge in [-0.2, -0.15) is 0 Å². The molecule has 18 heavy (non-hydrogen) atoms. The van der Waals surface area contributed by atoms with Crippen molar-refractivity contribution < 1.29 is 13.3 Å². The monoisotopic (exact) mass is 270 g/mol. The van der Waals surface area contributed by atoms with Crippen LogP contribution in [0.15, 0.2) is 23.1 Å². The van der Waals surface area contributed by atoms with E-state index in [2.05, 4.69) is 5.32 Å². The highest BCUT2D eigenvalue weighted by Gasteiger charge is 2.38. The van der Waals surface area contributed by atoms with E-state index < -0.39 is 14.8 Å². The molecule has 6 nitrogen and oxygen atoms in total. The molecule has 1 aromatic rings. The minimum Gasteiger partial charge on any atom is -0.374 e. The number of anilines is 1. The van der Waals surface area contributed by atoms with Gasteiger partial charge in [0.25, 0.3) is 5.69 Å². The van der Waals surface area contributed by atoms with Crippen molar-refractivity contribution in [1.29, 1.82) is 0 Å². The SMILES string of the molecule is CC1(Nc2ccc(S(C)(=O)=O)cc2[N+](=O)[O-])CC1. The maximum absolute atomic E-state index is 11.4. The highest BCUT2D eigenvalue weighted by atomic mass is 32.2. The minimum absolute atomic E-state index is 0.0410. The van der Waals surface area contributed by atoms with Crippen LogP contribution in [0.4, 0.5) is 11.4 Å². The lowest BCUT2D eigenvalue weighted by molar-refractivity contribution is -0.384. The molecule has 98 valence electrons. The van der Waals surface area contributed by atoms with Crippen LogP contribution in [0.25, 0.3) is 0 Å². The topological polar surface area (TPSA) is 89.3 Å². The van der Waals surface area contributed by atoms with E-state index in [1.807, 2.05) is 6.92 Å². The number of sulfone groups is 1. The Labute approximate surface area is 105 Å². The predicted molar refractivity (Wildman–Crippen MR) is 67.5 cm³/mol. The van der Waals surface area contributed by atoms with Gasteiger partial charge >= 0.3 is 0 Å². The van der Waals surface area contributed by atoms with Crippen LogP contribution in [0.3, 0.4) is 0 Å². The fraction of sp³-hybridized carbons (Fsp3) is 0.455. The van der Waals surface area contributed by atoms with Crippen LogP contribution in [0.2, 0.25) is 0 Å². The Bertz CT molecular complexity index is 605. The Morgan fingerprint density at radius 1 is 1.39 bits per heavy atom. The van der Waals surface area contributed by atoms with Crippen molar-refractivity contribution in [2.24, 2.45) is 0 Å². The van der Waals surface area contributed by atoms with E-state index in [1.54, 1.807) is 0 Å².